The lowest BCUT2D eigenvalue weighted by Gasteiger charge is -2.02. The molecule has 0 saturated heterocycles. The van der Waals surface area contributed by atoms with E-state index in [9.17, 15) is 4.79 Å². The first-order chi connectivity index (χ1) is 5.72. The molecule has 1 atom stereocenters. The fourth-order valence-corrected chi connectivity index (χ4v) is 1.04. The molecule has 0 aliphatic heterocycles. The molecule has 0 spiro atoms. The van der Waals surface area contributed by atoms with Gasteiger partial charge in [-0.3, -0.25) is 4.79 Å². The Hall–Kier alpha value is -0.860. The van der Waals surface area contributed by atoms with Gasteiger partial charge in [0, 0.05) is 5.02 Å². The molecular formula is C9H9ClNO. The van der Waals surface area contributed by atoms with E-state index in [2.05, 4.69) is 0 Å². The van der Waals surface area contributed by atoms with Crippen LogP contribution >= 0.6 is 11.6 Å². The van der Waals surface area contributed by atoms with Crippen LogP contribution in [0.25, 0.3) is 0 Å². The van der Waals surface area contributed by atoms with Gasteiger partial charge >= 0.3 is 0 Å². The van der Waals surface area contributed by atoms with Gasteiger partial charge in [0.15, 0.2) is 0 Å². The van der Waals surface area contributed by atoms with Crippen LogP contribution in [-0.2, 0) is 11.2 Å². The molecule has 0 aliphatic carbocycles. The molecule has 2 nitrogen and oxygen atoms in total. The Kier molecular flexibility index (Phi) is 3.26. The summed E-state index contributed by atoms with van der Waals surface area (Å²) in [5.74, 6) is 0. The summed E-state index contributed by atoms with van der Waals surface area (Å²) >= 11 is 5.67. The van der Waals surface area contributed by atoms with Crippen LogP contribution in [0.4, 0.5) is 0 Å². The van der Waals surface area contributed by atoms with E-state index in [0.29, 0.717) is 11.4 Å². The molecule has 3 heteroatoms. The van der Waals surface area contributed by atoms with Gasteiger partial charge in [-0.1, -0.05) is 23.7 Å². The van der Waals surface area contributed by atoms with E-state index in [0.717, 1.165) is 5.56 Å². The Labute approximate surface area is 76.3 Å². The molecule has 0 aliphatic rings. The van der Waals surface area contributed by atoms with Gasteiger partial charge in [-0.05, 0) is 24.1 Å². The summed E-state index contributed by atoms with van der Waals surface area (Å²) in [6.07, 6.45) is 2.24. The SMILES string of the molecule is NC([C]=O)Cc1ccc(Cl)cc1. The second-order valence-electron chi connectivity index (χ2n) is 2.55. The molecule has 1 aromatic rings. The van der Waals surface area contributed by atoms with E-state index in [1.54, 1.807) is 18.4 Å². The zero-order valence-corrected chi connectivity index (χ0v) is 7.21. The number of carbonyl (C=O) groups excluding carboxylic acids is 1. The molecular weight excluding hydrogens is 174 g/mol. The van der Waals surface area contributed by atoms with E-state index >= 15 is 0 Å². The molecule has 0 fully saturated rings. The fraction of sp³-hybridized carbons (Fsp3) is 0.222. The van der Waals surface area contributed by atoms with Crippen molar-refractivity contribution < 1.29 is 4.79 Å². The molecule has 1 radical (unpaired) electrons. The van der Waals surface area contributed by atoms with Gasteiger partial charge < -0.3 is 5.73 Å². The molecule has 0 aromatic heterocycles. The summed E-state index contributed by atoms with van der Waals surface area (Å²) in [6.45, 7) is 0. The minimum atomic E-state index is -0.536. The number of halogens is 1. The van der Waals surface area contributed by atoms with Crippen molar-refractivity contribution in [3.63, 3.8) is 0 Å². The van der Waals surface area contributed by atoms with Crippen molar-refractivity contribution in [1.29, 1.82) is 0 Å². The van der Waals surface area contributed by atoms with Crippen LogP contribution in [0.15, 0.2) is 24.3 Å². The maximum absolute atomic E-state index is 10.1. The molecule has 0 amide bonds. The molecule has 1 aromatic carbocycles. The smallest absolute Gasteiger partial charge is 0.217 e. The van der Waals surface area contributed by atoms with Crippen LogP contribution in [0, 0.1) is 0 Å². The minimum Gasteiger partial charge on any atom is -0.321 e. The Morgan fingerprint density at radius 1 is 1.42 bits per heavy atom. The fourth-order valence-electron chi connectivity index (χ4n) is 0.916. The lowest BCUT2D eigenvalue weighted by molar-refractivity contribution is 0.541. The van der Waals surface area contributed by atoms with E-state index in [1.165, 1.54) is 0 Å². The normalized spacial score (nSPS) is 12.5. The van der Waals surface area contributed by atoms with E-state index in [-0.39, 0.29) is 0 Å². The largest absolute Gasteiger partial charge is 0.321 e. The second-order valence-corrected chi connectivity index (χ2v) is 2.99. The summed E-state index contributed by atoms with van der Waals surface area (Å²) in [7, 11) is 0. The third-order valence-corrected chi connectivity index (χ3v) is 1.77. The van der Waals surface area contributed by atoms with E-state index in [4.69, 9.17) is 17.3 Å². The van der Waals surface area contributed by atoms with Crippen LogP contribution in [0.2, 0.25) is 5.02 Å². The first-order valence-electron chi connectivity index (χ1n) is 3.60. The van der Waals surface area contributed by atoms with E-state index < -0.39 is 6.04 Å². The van der Waals surface area contributed by atoms with Crippen molar-refractivity contribution in [3.05, 3.63) is 34.9 Å². The third-order valence-electron chi connectivity index (χ3n) is 1.52. The number of hydrogen-bond donors (Lipinski definition) is 1. The van der Waals surface area contributed by atoms with Gasteiger partial charge in [0.25, 0.3) is 0 Å². The Balaban J connectivity index is 2.64. The van der Waals surface area contributed by atoms with Crippen molar-refractivity contribution in [1.82, 2.24) is 0 Å². The Morgan fingerprint density at radius 2 is 2.00 bits per heavy atom. The molecule has 0 saturated carbocycles. The second kappa shape index (κ2) is 4.24. The number of benzene rings is 1. The summed E-state index contributed by atoms with van der Waals surface area (Å²) in [6, 6.07) is 6.70. The highest BCUT2D eigenvalue weighted by Gasteiger charge is 2.01. The maximum Gasteiger partial charge on any atom is 0.217 e. The number of hydrogen-bond acceptors (Lipinski definition) is 2. The quantitative estimate of drug-likeness (QED) is 0.766. The molecule has 0 bridgehead atoms. The van der Waals surface area contributed by atoms with Crippen molar-refractivity contribution in [3.8, 4) is 0 Å². The maximum atomic E-state index is 10.1. The highest BCUT2D eigenvalue weighted by atomic mass is 35.5. The van der Waals surface area contributed by atoms with Gasteiger partial charge in [-0.25, -0.2) is 0 Å². The average molecular weight is 183 g/mol. The zero-order chi connectivity index (χ0) is 8.97. The van der Waals surface area contributed by atoms with Crippen LogP contribution in [0.1, 0.15) is 5.56 Å². The topological polar surface area (TPSA) is 43.1 Å². The number of nitrogens with two attached hydrogens (primary N) is 1. The summed E-state index contributed by atoms with van der Waals surface area (Å²) in [5, 5.41) is 0.683. The Morgan fingerprint density at radius 3 is 2.50 bits per heavy atom. The summed E-state index contributed by atoms with van der Waals surface area (Å²) in [5.41, 5.74) is 6.38. The highest BCUT2D eigenvalue weighted by molar-refractivity contribution is 6.30. The van der Waals surface area contributed by atoms with Gasteiger partial charge in [0.05, 0.1) is 6.04 Å². The Bertz CT molecular complexity index is 258. The van der Waals surface area contributed by atoms with Crippen LogP contribution < -0.4 is 5.73 Å². The monoisotopic (exact) mass is 182 g/mol. The number of rotatable bonds is 3. The molecule has 12 heavy (non-hydrogen) atoms. The van der Waals surface area contributed by atoms with E-state index in [1.807, 2.05) is 12.1 Å². The lowest BCUT2D eigenvalue weighted by atomic mass is 10.1. The molecule has 1 rings (SSSR count). The van der Waals surface area contributed by atoms with Crippen molar-refractivity contribution in [2.45, 2.75) is 12.5 Å². The van der Waals surface area contributed by atoms with Gasteiger partial charge in [-0.15, -0.1) is 0 Å². The van der Waals surface area contributed by atoms with Crippen LogP contribution in [-0.4, -0.2) is 12.3 Å². The van der Waals surface area contributed by atoms with Crippen molar-refractivity contribution in [2.75, 3.05) is 0 Å². The van der Waals surface area contributed by atoms with Gasteiger partial charge in [-0.2, -0.15) is 0 Å². The minimum absolute atomic E-state index is 0.515. The predicted octanol–water partition coefficient (Wildman–Crippen LogP) is 1.32. The standard InChI is InChI=1S/C9H9ClNO/c10-8-3-1-7(2-4-8)5-9(11)6-12/h1-4,9H,5,11H2. The van der Waals surface area contributed by atoms with Gasteiger partial charge in [0.2, 0.25) is 6.29 Å². The van der Waals surface area contributed by atoms with Crippen LogP contribution in [0.3, 0.4) is 0 Å². The zero-order valence-electron chi connectivity index (χ0n) is 6.46. The first kappa shape index (κ1) is 9.23. The molecule has 1 unspecified atom stereocenters. The molecule has 63 valence electrons. The van der Waals surface area contributed by atoms with Gasteiger partial charge in [0.1, 0.15) is 0 Å². The first-order valence-corrected chi connectivity index (χ1v) is 3.98. The average Bonchev–Trinajstić information content (AvgIpc) is 2.09. The molecule has 0 heterocycles. The van der Waals surface area contributed by atoms with Crippen molar-refractivity contribution >= 4 is 17.9 Å². The summed E-state index contributed by atoms with van der Waals surface area (Å²) < 4.78 is 0. The predicted molar refractivity (Wildman–Crippen MR) is 48.8 cm³/mol. The molecule has 2 N–H and O–H groups in total. The van der Waals surface area contributed by atoms with Crippen molar-refractivity contribution in [2.24, 2.45) is 5.73 Å². The van der Waals surface area contributed by atoms with Crippen LogP contribution in [0.5, 0.6) is 0 Å². The third kappa shape index (κ3) is 2.64. The lowest BCUT2D eigenvalue weighted by Crippen LogP contribution is -2.23. The highest BCUT2D eigenvalue weighted by Crippen LogP contribution is 2.10. The summed E-state index contributed by atoms with van der Waals surface area (Å²) in [4.78, 5) is 10.1.